The number of nitrogens with one attached hydrogen (secondary N) is 1. The fraction of sp³-hybridized carbons (Fsp3) is 0.667. The number of aromatic nitrogens is 3. The molecule has 7 heteroatoms. The minimum Gasteiger partial charge on any atom is -0.481 e. The third-order valence-corrected chi connectivity index (χ3v) is 3.28. The van der Waals surface area contributed by atoms with Crippen molar-refractivity contribution < 1.29 is 14.7 Å². The molecule has 0 saturated heterocycles. The van der Waals surface area contributed by atoms with E-state index in [0.29, 0.717) is 19.4 Å². The maximum atomic E-state index is 11.9. The van der Waals surface area contributed by atoms with Gasteiger partial charge in [-0.25, -0.2) is 4.98 Å². The van der Waals surface area contributed by atoms with E-state index < -0.39 is 11.5 Å². The number of hydrogen-bond acceptors (Lipinski definition) is 4. The van der Waals surface area contributed by atoms with Gasteiger partial charge in [0.1, 0.15) is 12.7 Å². The molecule has 106 valence electrons. The van der Waals surface area contributed by atoms with Crippen LogP contribution in [0.15, 0.2) is 12.7 Å². The van der Waals surface area contributed by atoms with Crippen molar-refractivity contribution in [3.63, 3.8) is 0 Å². The Hall–Kier alpha value is -1.92. The summed E-state index contributed by atoms with van der Waals surface area (Å²) in [5.41, 5.74) is -0.661. The second kappa shape index (κ2) is 6.86. The fourth-order valence-corrected chi connectivity index (χ4v) is 1.93. The van der Waals surface area contributed by atoms with Crippen LogP contribution in [-0.2, 0) is 16.1 Å². The Labute approximate surface area is 112 Å². The van der Waals surface area contributed by atoms with Crippen LogP contribution in [0, 0.1) is 0 Å². The highest BCUT2D eigenvalue weighted by Crippen LogP contribution is 2.20. The Morgan fingerprint density at radius 2 is 2.05 bits per heavy atom. The molecule has 0 aliphatic heterocycles. The summed E-state index contributed by atoms with van der Waals surface area (Å²) in [7, 11) is 0. The summed E-state index contributed by atoms with van der Waals surface area (Å²) in [4.78, 5) is 26.6. The van der Waals surface area contributed by atoms with Crippen molar-refractivity contribution in [3.8, 4) is 0 Å². The van der Waals surface area contributed by atoms with E-state index in [-0.39, 0.29) is 18.7 Å². The normalized spacial score (nSPS) is 11.3. The molecule has 0 fully saturated rings. The van der Waals surface area contributed by atoms with E-state index >= 15 is 0 Å². The molecule has 0 bridgehead atoms. The molecule has 0 saturated carbocycles. The van der Waals surface area contributed by atoms with Crippen molar-refractivity contribution in [1.29, 1.82) is 0 Å². The number of nitrogens with zero attached hydrogens (tertiary/aromatic N) is 3. The van der Waals surface area contributed by atoms with Crippen molar-refractivity contribution in [2.45, 2.75) is 51.6 Å². The van der Waals surface area contributed by atoms with Gasteiger partial charge in [-0.3, -0.25) is 14.3 Å². The first-order valence-corrected chi connectivity index (χ1v) is 6.36. The molecule has 19 heavy (non-hydrogen) atoms. The van der Waals surface area contributed by atoms with Gasteiger partial charge in [0.25, 0.3) is 0 Å². The minimum absolute atomic E-state index is 0.0605. The van der Waals surface area contributed by atoms with Crippen LogP contribution in [0.1, 0.15) is 39.5 Å². The molecular weight excluding hydrogens is 248 g/mol. The van der Waals surface area contributed by atoms with Gasteiger partial charge in [-0.2, -0.15) is 5.10 Å². The fourth-order valence-electron chi connectivity index (χ4n) is 1.93. The lowest BCUT2D eigenvalue weighted by molar-refractivity contribution is -0.139. The standard InChI is InChI=1S/C12H20N4O3/c1-3-12(4-2,7-11(18)19)15-10(17)5-6-16-9-13-8-14-16/h8-9H,3-7H2,1-2H3,(H,15,17)(H,18,19). The second-order valence-electron chi connectivity index (χ2n) is 4.51. The Balaban J connectivity index is 2.53. The Bertz CT molecular complexity index is 413. The largest absolute Gasteiger partial charge is 0.481 e. The van der Waals surface area contributed by atoms with Crippen LogP contribution >= 0.6 is 0 Å². The number of amides is 1. The lowest BCUT2D eigenvalue weighted by Crippen LogP contribution is -2.49. The Kier molecular flexibility index (Phi) is 5.47. The van der Waals surface area contributed by atoms with Crippen LogP contribution in [0.2, 0.25) is 0 Å². The molecule has 1 amide bonds. The molecule has 1 aromatic heterocycles. The van der Waals surface area contributed by atoms with Crippen LogP contribution in [-0.4, -0.2) is 37.3 Å². The number of carbonyl (C=O) groups is 2. The third-order valence-electron chi connectivity index (χ3n) is 3.28. The van der Waals surface area contributed by atoms with Crippen LogP contribution < -0.4 is 5.32 Å². The number of carboxylic acid groups (broad SMARTS) is 1. The van der Waals surface area contributed by atoms with Gasteiger partial charge in [0, 0.05) is 12.0 Å². The highest BCUT2D eigenvalue weighted by atomic mass is 16.4. The molecule has 0 radical (unpaired) electrons. The molecule has 0 aromatic carbocycles. The Morgan fingerprint density at radius 3 is 2.53 bits per heavy atom. The summed E-state index contributed by atoms with van der Waals surface area (Å²) in [6.07, 6.45) is 4.32. The highest BCUT2D eigenvalue weighted by Gasteiger charge is 2.30. The average Bonchev–Trinajstić information content (AvgIpc) is 2.88. The molecular formula is C12H20N4O3. The average molecular weight is 268 g/mol. The van der Waals surface area contributed by atoms with Gasteiger partial charge in [0.05, 0.1) is 13.0 Å². The molecule has 7 nitrogen and oxygen atoms in total. The van der Waals surface area contributed by atoms with Crippen molar-refractivity contribution in [1.82, 2.24) is 20.1 Å². The van der Waals surface area contributed by atoms with Crippen LogP contribution in [0.5, 0.6) is 0 Å². The van der Waals surface area contributed by atoms with Crippen LogP contribution in [0.25, 0.3) is 0 Å². The van der Waals surface area contributed by atoms with Gasteiger partial charge in [-0.15, -0.1) is 0 Å². The van der Waals surface area contributed by atoms with E-state index in [1.54, 1.807) is 4.68 Å². The summed E-state index contributed by atoms with van der Waals surface area (Å²) >= 11 is 0. The monoisotopic (exact) mass is 268 g/mol. The minimum atomic E-state index is -0.903. The lowest BCUT2D eigenvalue weighted by Gasteiger charge is -2.31. The number of carboxylic acids is 1. The number of rotatable bonds is 8. The topological polar surface area (TPSA) is 97.1 Å². The zero-order valence-electron chi connectivity index (χ0n) is 11.3. The van der Waals surface area contributed by atoms with E-state index in [9.17, 15) is 9.59 Å². The number of aryl methyl sites for hydroxylation is 1. The zero-order valence-corrected chi connectivity index (χ0v) is 11.3. The first kappa shape index (κ1) is 15.1. The van der Waals surface area contributed by atoms with E-state index in [4.69, 9.17) is 5.11 Å². The molecule has 0 aliphatic carbocycles. The first-order chi connectivity index (χ1) is 9.01. The zero-order chi connectivity index (χ0) is 14.3. The van der Waals surface area contributed by atoms with Gasteiger partial charge in [-0.05, 0) is 12.8 Å². The van der Waals surface area contributed by atoms with E-state index in [1.807, 2.05) is 13.8 Å². The van der Waals surface area contributed by atoms with Crippen molar-refractivity contribution >= 4 is 11.9 Å². The molecule has 0 aliphatic rings. The SMILES string of the molecule is CCC(CC)(CC(=O)O)NC(=O)CCn1cncn1. The maximum Gasteiger partial charge on any atom is 0.305 e. The maximum absolute atomic E-state index is 11.9. The van der Waals surface area contributed by atoms with Crippen LogP contribution in [0.3, 0.4) is 0 Å². The van der Waals surface area contributed by atoms with E-state index in [0.717, 1.165) is 0 Å². The van der Waals surface area contributed by atoms with Crippen molar-refractivity contribution in [2.75, 3.05) is 0 Å². The summed E-state index contributed by atoms with van der Waals surface area (Å²) in [6, 6.07) is 0. The Morgan fingerprint density at radius 1 is 1.37 bits per heavy atom. The van der Waals surface area contributed by atoms with Gasteiger partial charge in [0.2, 0.25) is 5.91 Å². The van der Waals surface area contributed by atoms with Gasteiger partial charge >= 0.3 is 5.97 Å². The van der Waals surface area contributed by atoms with E-state index in [2.05, 4.69) is 15.4 Å². The molecule has 1 rings (SSSR count). The molecule has 0 unspecified atom stereocenters. The number of hydrogen-bond donors (Lipinski definition) is 2. The molecule has 1 aromatic rings. The second-order valence-corrected chi connectivity index (χ2v) is 4.51. The van der Waals surface area contributed by atoms with Gasteiger partial charge in [-0.1, -0.05) is 13.8 Å². The summed E-state index contributed by atoms with van der Waals surface area (Å²) in [5, 5.41) is 15.7. The summed E-state index contributed by atoms with van der Waals surface area (Å²) < 4.78 is 1.57. The molecule has 0 spiro atoms. The highest BCUT2D eigenvalue weighted by molar-refractivity contribution is 5.78. The van der Waals surface area contributed by atoms with Crippen molar-refractivity contribution in [2.24, 2.45) is 0 Å². The molecule has 2 N–H and O–H groups in total. The van der Waals surface area contributed by atoms with Crippen LogP contribution in [0.4, 0.5) is 0 Å². The lowest BCUT2D eigenvalue weighted by atomic mass is 9.89. The molecule has 1 heterocycles. The third kappa shape index (κ3) is 4.69. The number of aliphatic carboxylic acids is 1. The first-order valence-electron chi connectivity index (χ1n) is 6.36. The quantitative estimate of drug-likeness (QED) is 0.727. The van der Waals surface area contributed by atoms with Crippen molar-refractivity contribution in [3.05, 3.63) is 12.7 Å². The summed E-state index contributed by atoms with van der Waals surface area (Å²) in [5.74, 6) is -1.07. The number of carbonyl (C=O) groups excluding carboxylic acids is 1. The van der Waals surface area contributed by atoms with Gasteiger partial charge < -0.3 is 10.4 Å². The molecule has 0 atom stereocenters. The predicted molar refractivity (Wildman–Crippen MR) is 68.3 cm³/mol. The predicted octanol–water partition coefficient (Wildman–Crippen LogP) is 0.818. The smallest absolute Gasteiger partial charge is 0.305 e. The van der Waals surface area contributed by atoms with Gasteiger partial charge in [0.15, 0.2) is 0 Å². The van der Waals surface area contributed by atoms with E-state index in [1.165, 1.54) is 12.7 Å². The summed E-state index contributed by atoms with van der Waals surface area (Å²) in [6.45, 7) is 4.19.